The van der Waals surface area contributed by atoms with Gasteiger partial charge in [-0.3, -0.25) is 10.1 Å². The summed E-state index contributed by atoms with van der Waals surface area (Å²) < 4.78 is 5.25. The van der Waals surface area contributed by atoms with E-state index < -0.39 is 11.7 Å². The van der Waals surface area contributed by atoms with Crippen LogP contribution < -0.4 is 10.6 Å². The predicted molar refractivity (Wildman–Crippen MR) is 130 cm³/mol. The molecule has 3 N–H and O–H groups in total. The van der Waals surface area contributed by atoms with E-state index in [1.54, 1.807) is 45.0 Å². The summed E-state index contributed by atoms with van der Waals surface area (Å²) in [6.07, 6.45) is -0.323. The number of hydrogen-bond donors (Lipinski definition) is 3. The van der Waals surface area contributed by atoms with Gasteiger partial charge in [-0.25, -0.2) is 9.78 Å². The number of carbonyl (C=O) groups is 2. The lowest BCUT2D eigenvalue weighted by Crippen LogP contribution is -2.27. The number of hydrogen-bond acceptors (Lipinski definition) is 4. The lowest BCUT2D eigenvalue weighted by Gasteiger charge is -2.19. The lowest BCUT2D eigenvalue weighted by atomic mass is 10.1. The van der Waals surface area contributed by atoms with Gasteiger partial charge in [-0.2, -0.15) is 0 Å². The fraction of sp³-hybridized carbons (Fsp3) is 0.192. The van der Waals surface area contributed by atoms with Crippen molar-refractivity contribution in [1.82, 2.24) is 9.97 Å². The van der Waals surface area contributed by atoms with Crippen molar-refractivity contribution in [3.05, 3.63) is 78.4 Å². The van der Waals surface area contributed by atoms with Gasteiger partial charge in [-0.1, -0.05) is 36.4 Å². The summed E-state index contributed by atoms with van der Waals surface area (Å²) in [6.45, 7) is 5.42. The van der Waals surface area contributed by atoms with Crippen LogP contribution in [0.2, 0.25) is 0 Å². The molecule has 168 valence electrons. The summed E-state index contributed by atoms with van der Waals surface area (Å²) in [7, 11) is 0. The van der Waals surface area contributed by atoms with Gasteiger partial charge in [0.1, 0.15) is 11.4 Å². The summed E-state index contributed by atoms with van der Waals surface area (Å²) in [5.74, 6) is 0.552. The van der Waals surface area contributed by atoms with E-state index in [-0.39, 0.29) is 12.3 Å². The van der Waals surface area contributed by atoms with E-state index in [1.165, 1.54) is 0 Å². The Morgan fingerprint density at radius 2 is 1.61 bits per heavy atom. The number of aromatic nitrogens is 2. The molecular formula is C26H26N4O3. The molecular weight excluding hydrogens is 416 g/mol. The Hall–Kier alpha value is -4.13. The Labute approximate surface area is 192 Å². The quantitative estimate of drug-likeness (QED) is 0.366. The molecule has 0 aliphatic heterocycles. The number of nitrogens with one attached hydrogen (secondary N) is 3. The molecule has 0 aliphatic rings. The van der Waals surface area contributed by atoms with E-state index in [0.29, 0.717) is 17.2 Å². The molecule has 0 radical (unpaired) electrons. The average molecular weight is 443 g/mol. The van der Waals surface area contributed by atoms with Gasteiger partial charge in [0.2, 0.25) is 5.91 Å². The highest BCUT2D eigenvalue weighted by Crippen LogP contribution is 2.27. The van der Waals surface area contributed by atoms with E-state index in [2.05, 4.69) is 20.6 Å². The molecule has 0 saturated heterocycles. The number of amides is 2. The molecule has 2 amide bonds. The fourth-order valence-corrected chi connectivity index (χ4v) is 3.39. The Balaban J connectivity index is 1.42. The van der Waals surface area contributed by atoms with Gasteiger partial charge in [0.15, 0.2) is 0 Å². The van der Waals surface area contributed by atoms with Crippen LogP contribution in [-0.4, -0.2) is 27.6 Å². The molecule has 0 atom stereocenters. The number of anilines is 2. The van der Waals surface area contributed by atoms with Crippen LogP contribution in [0.5, 0.6) is 0 Å². The van der Waals surface area contributed by atoms with Crippen molar-refractivity contribution in [1.29, 1.82) is 0 Å². The van der Waals surface area contributed by atoms with Crippen molar-refractivity contribution in [2.45, 2.75) is 32.8 Å². The fourth-order valence-electron chi connectivity index (χ4n) is 3.39. The van der Waals surface area contributed by atoms with Crippen LogP contribution in [0.15, 0.2) is 72.8 Å². The summed E-state index contributed by atoms with van der Waals surface area (Å²) in [5, 5.41) is 5.67. The van der Waals surface area contributed by atoms with E-state index in [0.717, 1.165) is 22.2 Å². The van der Waals surface area contributed by atoms with Gasteiger partial charge in [-0.05, 0) is 62.7 Å². The van der Waals surface area contributed by atoms with Gasteiger partial charge in [0, 0.05) is 11.3 Å². The zero-order chi connectivity index (χ0) is 23.4. The number of imidazole rings is 1. The third-order valence-corrected chi connectivity index (χ3v) is 4.81. The molecule has 33 heavy (non-hydrogen) atoms. The van der Waals surface area contributed by atoms with Gasteiger partial charge in [0.25, 0.3) is 0 Å². The van der Waals surface area contributed by atoms with E-state index in [9.17, 15) is 9.59 Å². The predicted octanol–water partition coefficient (Wildman–Crippen LogP) is 5.76. The Morgan fingerprint density at radius 3 is 2.33 bits per heavy atom. The smallest absolute Gasteiger partial charge is 0.412 e. The number of nitrogens with zero attached hydrogens (tertiary/aromatic N) is 1. The minimum Gasteiger partial charge on any atom is -0.444 e. The van der Waals surface area contributed by atoms with Gasteiger partial charge in [-0.15, -0.1) is 0 Å². The maximum Gasteiger partial charge on any atom is 0.412 e. The van der Waals surface area contributed by atoms with Crippen molar-refractivity contribution < 1.29 is 14.3 Å². The zero-order valence-electron chi connectivity index (χ0n) is 18.8. The van der Waals surface area contributed by atoms with Crippen LogP contribution in [0.1, 0.15) is 26.3 Å². The number of H-pyrrole nitrogens is 1. The molecule has 0 unspecified atom stereocenters. The molecule has 7 nitrogen and oxygen atoms in total. The van der Waals surface area contributed by atoms with Crippen LogP contribution in [0, 0.1) is 0 Å². The first-order valence-corrected chi connectivity index (χ1v) is 10.7. The summed E-state index contributed by atoms with van der Waals surface area (Å²) >= 11 is 0. The van der Waals surface area contributed by atoms with Crippen LogP contribution in [-0.2, 0) is 16.0 Å². The minimum absolute atomic E-state index is 0.147. The maximum absolute atomic E-state index is 12.7. The molecule has 0 bridgehead atoms. The normalized spacial score (nSPS) is 11.2. The highest BCUT2D eigenvalue weighted by molar-refractivity contribution is 5.96. The lowest BCUT2D eigenvalue weighted by molar-refractivity contribution is -0.115. The minimum atomic E-state index is -0.569. The SMILES string of the molecule is CC(C)(C)OC(=O)Nc1ccc(CC(=O)Nc2ccccc2-c2nc3ccccc3[nH]2)cc1. The molecule has 0 saturated carbocycles. The second-order valence-corrected chi connectivity index (χ2v) is 8.70. The van der Waals surface area contributed by atoms with Crippen molar-refractivity contribution in [2.24, 2.45) is 0 Å². The maximum atomic E-state index is 12.7. The molecule has 1 heterocycles. The number of rotatable bonds is 5. The van der Waals surface area contributed by atoms with E-state index in [1.807, 2.05) is 48.5 Å². The van der Waals surface area contributed by atoms with Crippen molar-refractivity contribution in [3.8, 4) is 11.4 Å². The average Bonchev–Trinajstić information content (AvgIpc) is 3.18. The standard InChI is InChI=1S/C26H26N4O3/c1-26(2,3)33-25(32)27-18-14-12-17(13-15-18)16-23(31)28-20-9-5-4-8-19(20)24-29-21-10-6-7-11-22(21)30-24/h4-15H,16H2,1-3H3,(H,27,32)(H,28,31)(H,29,30). The number of fused-ring (bicyclic) bond motifs is 1. The number of para-hydroxylation sites is 3. The van der Waals surface area contributed by atoms with Crippen LogP contribution in [0.3, 0.4) is 0 Å². The highest BCUT2D eigenvalue weighted by Gasteiger charge is 2.16. The third kappa shape index (κ3) is 5.77. The molecule has 0 fully saturated rings. The number of carbonyl (C=O) groups excluding carboxylic acids is 2. The summed E-state index contributed by atoms with van der Waals surface area (Å²) in [4.78, 5) is 32.6. The first-order chi connectivity index (χ1) is 15.8. The highest BCUT2D eigenvalue weighted by atomic mass is 16.6. The number of aromatic amines is 1. The molecule has 0 aliphatic carbocycles. The number of benzene rings is 3. The Kier molecular flexibility index (Phi) is 6.13. The van der Waals surface area contributed by atoms with Crippen LogP contribution in [0.4, 0.5) is 16.2 Å². The van der Waals surface area contributed by atoms with E-state index >= 15 is 0 Å². The first-order valence-electron chi connectivity index (χ1n) is 10.7. The first kappa shape index (κ1) is 22.1. The molecule has 4 rings (SSSR count). The van der Waals surface area contributed by atoms with Gasteiger partial charge < -0.3 is 15.0 Å². The molecule has 0 spiro atoms. The molecule has 3 aromatic carbocycles. The monoisotopic (exact) mass is 442 g/mol. The topological polar surface area (TPSA) is 96.1 Å². The van der Waals surface area contributed by atoms with Crippen LogP contribution >= 0.6 is 0 Å². The second kappa shape index (κ2) is 9.16. The zero-order valence-corrected chi connectivity index (χ0v) is 18.8. The molecule has 4 aromatic rings. The number of ether oxygens (including phenoxy) is 1. The summed E-state index contributed by atoms with van der Waals surface area (Å²) in [5.41, 5.74) is 4.17. The van der Waals surface area contributed by atoms with Crippen LogP contribution in [0.25, 0.3) is 22.4 Å². The Morgan fingerprint density at radius 1 is 0.909 bits per heavy atom. The molecule has 7 heteroatoms. The van der Waals surface area contributed by atoms with E-state index in [4.69, 9.17) is 4.74 Å². The van der Waals surface area contributed by atoms with Gasteiger partial charge >= 0.3 is 6.09 Å². The second-order valence-electron chi connectivity index (χ2n) is 8.70. The third-order valence-electron chi connectivity index (χ3n) is 4.81. The Bertz CT molecular complexity index is 1250. The van der Waals surface area contributed by atoms with Crippen molar-refractivity contribution in [3.63, 3.8) is 0 Å². The summed E-state index contributed by atoms with van der Waals surface area (Å²) in [6, 6.07) is 22.5. The van der Waals surface area contributed by atoms with Crippen molar-refractivity contribution >= 4 is 34.4 Å². The largest absolute Gasteiger partial charge is 0.444 e. The van der Waals surface area contributed by atoms with Crippen molar-refractivity contribution in [2.75, 3.05) is 10.6 Å². The molecule has 1 aromatic heterocycles. The van der Waals surface area contributed by atoms with Gasteiger partial charge in [0.05, 0.1) is 23.1 Å².